The number of nitrogens with one attached hydrogen (secondary N) is 1. The molecule has 2 aromatic heterocycles. The largest absolute Gasteiger partial charge is 0.454 e. The number of halogens is 1. The SMILES string of the molecule is CC(=O)CCCCCC(=NC(=O)C1CCCCN1C)C(=O)NCCn1c(Sc2cc3c(cc2I)OCO3)nc2c(N)ncnc21. The smallest absolute Gasteiger partial charge is 0.265 e. The maximum atomic E-state index is 13.4. The Morgan fingerprint density at radius 2 is 1.91 bits per heavy atom. The lowest BCUT2D eigenvalue weighted by atomic mass is 10.0. The van der Waals surface area contributed by atoms with Crippen LogP contribution in [0.4, 0.5) is 5.82 Å². The summed E-state index contributed by atoms with van der Waals surface area (Å²) in [4.78, 5) is 58.4. The number of hydrogen-bond acceptors (Lipinski definition) is 11. The highest BCUT2D eigenvalue weighted by molar-refractivity contribution is 14.1. The van der Waals surface area contributed by atoms with Gasteiger partial charge in [-0.2, -0.15) is 0 Å². The number of Topliss-reactive ketones (excluding diaryl/α,β-unsaturated/α-hetero) is 1. The van der Waals surface area contributed by atoms with Crippen LogP contribution in [0, 0.1) is 3.57 Å². The lowest BCUT2D eigenvalue weighted by Gasteiger charge is -2.29. The molecule has 1 saturated heterocycles. The number of ether oxygens (including phenoxy) is 2. The van der Waals surface area contributed by atoms with E-state index < -0.39 is 0 Å². The number of carbonyl (C=O) groups is 3. The summed E-state index contributed by atoms with van der Waals surface area (Å²) in [6.07, 6.45) is 7.14. The topological polar surface area (TPSA) is 167 Å². The van der Waals surface area contributed by atoms with E-state index in [1.807, 2.05) is 28.6 Å². The van der Waals surface area contributed by atoms with Gasteiger partial charge in [-0.05, 0) is 87.3 Å². The minimum Gasteiger partial charge on any atom is -0.454 e. The molecular formula is C30H37IN8O5S. The number of nitrogens with two attached hydrogens (primary N) is 1. The Kier molecular flexibility index (Phi) is 11.3. The van der Waals surface area contributed by atoms with E-state index >= 15 is 0 Å². The molecular weight excluding hydrogens is 711 g/mol. The van der Waals surface area contributed by atoms with Crippen LogP contribution >= 0.6 is 34.4 Å². The van der Waals surface area contributed by atoms with Gasteiger partial charge in [0.2, 0.25) is 6.79 Å². The lowest BCUT2D eigenvalue weighted by molar-refractivity contribution is -0.124. The molecule has 3 aromatic rings. The summed E-state index contributed by atoms with van der Waals surface area (Å²) in [5.41, 5.74) is 7.37. The molecule has 5 rings (SSSR count). The number of ketones is 1. The predicted octanol–water partition coefficient (Wildman–Crippen LogP) is 4.00. The standard InChI is InChI=1S/C30H37IN8O5S/c1-18(40)8-4-3-5-9-20(36-29(42)21-10-6-7-12-38(21)2)28(41)33-11-13-39-27-25(26(32)34-16-35-27)37-30(39)45-24-15-23-22(14-19(24)31)43-17-44-23/h14-16,21H,3-13,17H2,1-2H3,(H,33,41)(H2,32,34,35). The number of piperidine rings is 1. The van der Waals surface area contributed by atoms with Gasteiger partial charge in [-0.1, -0.05) is 24.6 Å². The normalized spacial score (nSPS) is 16.7. The Bertz CT molecular complexity index is 1610. The molecule has 1 aromatic carbocycles. The van der Waals surface area contributed by atoms with Gasteiger partial charge in [0, 0.05) is 28.0 Å². The van der Waals surface area contributed by atoms with Crippen molar-refractivity contribution in [3.63, 3.8) is 0 Å². The van der Waals surface area contributed by atoms with Crippen LogP contribution in [-0.4, -0.2) is 80.7 Å². The summed E-state index contributed by atoms with van der Waals surface area (Å²) in [7, 11) is 1.92. The fraction of sp³-hybridized carbons (Fsp3) is 0.500. The number of nitrogen functional groups attached to an aromatic ring is 1. The number of likely N-dealkylation sites (tertiary alicyclic amines) is 1. The second-order valence-electron chi connectivity index (χ2n) is 11.1. The van der Waals surface area contributed by atoms with Crippen LogP contribution in [0.25, 0.3) is 11.2 Å². The molecule has 0 spiro atoms. The number of unbranched alkanes of at least 4 members (excludes halogenated alkanes) is 2. The molecule has 0 saturated carbocycles. The van der Waals surface area contributed by atoms with E-state index in [0.717, 1.165) is 47.1 Å². The van der Waals surface area contributed by atoms with Crippen molar-refractivity contribution in [2.75, 3.05) is 32.7 Å². The Morgan fingerprint density at radius 1 is 1.13 bits per heavy atom. The van der Waals surface area contributed by atoms with E-state index in [-0.39, 0.29) is 48.5 Å². The van der Waals surface area contributed by atoms with E-state index in [0.29, 0.717) is 53.6 Å². The number of aliphatic imine (C=N–C) groups is 1. The van der Waals surface area contributed by atoms with E-state index in [2.05, 4.69) is 42.9 Å². The summed E-state index contributed by atoms with van der Waals surface area (Å²) in [5, 5.41) is 3.58. The van der Waals surface area contributed by atoms with Crippen molar-refractivity contribution >= 4 is 74.6 Å². The number of fused-ring (bicyclic) bond motifs is 2. The Labute approximate surface area is 279 Å². The van der Waals surface area contributed by atoms with Gasteiger partial charge in [0.25, 0.3) is 11.8 Å². The number of anilines is 1. The van der Waals surface area contributed by atoms with E-state index in [9.17, 15) is 14.4 Å². The third-order valence-corrected chi connectivity index (χ3v) is 10.1. The number of hydrogen-bond donors (Lipinski definition) is 2. The van der Waals surface area contributed by atoms with Crippen LogP contribution in [0.15, 0.2) is 33.5 Å². The molecule has 0 bridgehead atoms. The zero-order valence-corrected chi connectivity index (χ0v) is 28.4. The highest BCUT2D eigenvalue weighted by Crippen LogP contribution is 2.41. The average Bonchev–Trinajstić information content (AvgIpc) is 3.61. The molecule has 2 aliphatic rings. The van der Waals surface area contributed by atoms with Gasteiger partial charge in [0.1, 0.15) is 17.8 Å². The molecule has 0 radical (unpaired) electrons. The summed E-state index contributed by atoms with van der Waals surface area (Å²) in [5.74, 6) is 1.09. The van der Waals surface area contributed by atoms with Crippen molar-refractivity contribution in [1.82, 2.24) is 29.7 Å². The summed E-state index contributed by atoms with van der Waals surface area (Å²) < 4.78 is 13.9. The second-order valence-corrected chi connectivity index (χ2v) is 13.3. The first kappa shape index (κ1) is 33.1. The lowest BCUT2D eigenvalue weighted by Crippen LogP contribution is -2.42. The highest BCUT2D eigenvalue weighted by Gasteiger charge is 2.27. The van der Waals surface area contributed by atoms with Crippen molar-refractivity contribution in [3.8, 4) is 11.5 Å². The second kappa shape index (κ2) is 15.3. The van der Waals surface area contributed by atoms with Crippen LogP contribution in [0.1, 0.15) is 58.3 Å². The number of aromatic nitrogens is 4. The Balaban J connectivity index is 1.31. The van der Waals surface area contributed by atoms with Gasteiger partial charge < -0.3 is 29.9 Å². The molecule has 3 N–H and O–H groups in total. The van der Waals surface area contributed by atoms with Crippen molar-refractivity contribution in [1.29, 1.82) is 0 Å². The van der Waals surface area contributed by atoms with Crippen LogP contribution in [-0.2, 0) is 20.9 Å². The molecule has 45 heavy (non-hydrogen) atoms. The van der Waals surface area contributed by atoms with Crippen LogP contribution in [0.5, 0.6) is 11.5 Å². The quantitative estimate of drug-likeness (QED) is 0.147. The van der Waals surface area contributed by atoms with Gasteiger partial charge in [0.05, 0.1) is 6.04 Å². The third-order valence-electron chi connectivity index (χ3n) is 7.78. The molecule has 1 unspecified atom stereocenters. The molecule has 0 aliphatic carbocycles. The molecule has 4 heterocycles. The van der Waals surface area contributed by atoms with E-state index in [1.165, 1.54) is 18.1 Å². The molecule has 240 valence electrons. The first-order valence-corrected chi connectivity index (χ1v) is 16.9. The predicted molar refractivity (Wildman–Crippen MR) is 179 cm³/mol. The third kappa shape index (κ3) is 8.30. The average molecular weight is 749 g/mol. The minimum absolute atomic E-state index is 0.141. The fourth-order valence-corrected chi connectivity index (χ4v) is 7.04. The maximum absolute atomic E-state index is 13.4. The minimum atomic E-state index is -0.383. The van der Waals surface area contributed by atoms with E-state index in [4.69, 9.17) is 20.2 Å². The van der Waals surface area contributed by atoms with Crippen LogP contribution in [0.2, 0.25) is 0 Å². The number of rotatable bonds is 13. The number of nitrogens with zero attached hydrogens (tertiary/aromatic N) is 6. The van der Waals surface area contributed by atoms with Gasteiger partial charge in [0.15, 0.2) is 33.6 Å². The van der Waals surface area contributed by atoms with Crippen molar-refractivity contribution < 1.29 is 23.9 Å². The summed E-state index contributed by atoms with van der Waals surface area (Å²) >= 11 is 3.67. The number of amides is 2. The van der Waals surface area contributed by atoms with Crippen molar-refractivity contribution in [2.24, 2.45) is 4.99 Å². The summed E-state index contributed by atoms with van der Waals surface area (Å²) in [6.45, 7) is 3.16. The Hall–Kier alpha value is -3.31. The number of carbonyl (C=O) groups excluding carboxylic acids is 3. The number of benzene rings is 1. The highest BCUT2D eigenvalue weighted by atomic mass is 127. The summed E-state index contributed by atoms with van der Waals surface area (Å²) in [6, 6.07) is 3.51. The van der Waals surface area contributed by atoms with Crippen molar-refractivity contribution in [2.45, 2.75) is 80.9 Å². The fourth-order valence-electron chi connectivity index (χ4n) is 5.33. The van der Waals surface area contributed by atoms with Gasteiger partial charge >= 0.3 is 0 Å². The molecule has 1 fully saturated rings. The first-order valence-electron chi connectivity index (χ1n) is 15.0. The van der Waals surface area contributed by atoms with Crippen LogP contribution < -0.4 is 20.5 Å². The van der Waals surface area contributed by atoms with Crippen molar-refractivity contribution in [3.05, 3.63) is 22.0 Å². The number of imidazole rings is 1. The number of likely N-dealkylation sites (N-methyl/N-ethyl adjacent to an activating group) is 1. The monoisotopic (exact) mass is 748 g/mol. The first-order chi connectivity index (χ1) is 21.7. The molecule has 2 aliphatic heterocycles. The molecule has 2 amide bonds. The van der Waals surface area contributed by atoms with Gasteiger partial charge in [-0.3, -0.25) is 14.5 Å². The van der Waals surface area contributed by atoms with Crippen LogP contribution in [0.3, 0.4) is 0 Å². The zero-order valence-electron chi connectivity index (χ0n) is 25.4. The molecule has 15 heteroatoms. The van der Waals surface area contributed by atoms with Gasteiger partial charge in [-0.25, -0.2) is 19.9 Å². The molecule has 13 nitrogen and oxygen atoms in total. The zero-order chi connectivity index (χ0) is 31.9. The Morgan fingerprint density at radius 3 is 2.69 bits per heavy atom. The van der Waals surface area contributed by atoms with E-state index in [1.54, 1.807) is 6.92 Å². The van der Waals surface area contributed by atoms with Gasteiger partial charge in [-0.15, -0.1) is 0 Å². The molecule has 1 atom stereocenters. The maximum Gasteiger partial charge on any atom is 0.265 e.